The molecule has 5 heteroatoms. The van der Waals surface area contributed by atoms with Crippen molar-refractivity contribution in [2.75, 3.05) is 19.7 Å². The maximum Gasteiger partial charge on any atom is 0.239 e. The number of carbonyl (C=O) groups is 2. The lowest BCUT2D eigenvalue weighted by molar-refractivity contribution is -0.131. The maximum atomic E-state index is 11.6. The Hall–Kier alpha value is -2.04. The fourth-order valence-electron chi connectivity index (χ4n) is 1.36. The Balaban J connectivity index is 2.13. The lowest BCUT2D eigenvalue weighted by Crippen LogP contribution is -2.42. The summed E-state index contributed by atoms with van der Waals surface area (Å²) in [6.45, 7) is 6.18. The monoisotopic (exact) mass is 278 g/mol. The van der Waals surface area contributed by atoms with Gasteiger partial charge in [-0.3, -0.25) is 9.59 Å². The Morgan fingerprint density at radius 2 is 1.75 bits per heavy atom. The van der Waals surface area contributed by atoms with Crippen molar-refractivity contribution in [3.05, 3.63) is 30.3 Å². The van der Waals surface area contributed by atoms with Crippen LogP contribution in [0.3, 0.4) is 0 Å². The van der Waals surface area contributed by atoms with Crippen LogP contribution in [0.1, 0.15) is 20.8 Å². The first-order valence-corrected chi connectivity index (χ1v) is 6.62. The summed E-state index contributed by atoms with van der Waals surface area (Å²) in [6.07, 6.45) is 0. The molecule has 0 saturated heterocycles. The van der Waals surface area contributed by atoms with Crippen LogP contribution in [0.25, 0.3) is 0 Å². The van der Waals surface area contributed by atoms with E-state index in [1.807, 2.05) is 30.3 Å². The van der Waals surface area contributed by atoms with Gasteiger partial charge in [-0.25, -0.2) is 0 Å². The smallest absolute Gasteiger partial charge is 0.239 e. The van der Waals surface area contributed by atoms with Gasteiger partial charge in [0, 0.05) is 5.41 Å². The Morgan fingerprint density at radius 3 is 2.35 bits per heavy atom. The molecule has 1 aromatic rings. The fourth-order valence-corrected chi connectivity index (χ4v) is 1.36. The number of nitrogens with one attached hydrogen (secondary N) is 2. The van der Waals surface area contributed by atoms with Crippen molar-refractivity contribution < 1.29 is 14.3 Å². The number of para-hydroxylation sites is 1. The largest absolute Gasteiger partial charge is 0.492 e. The first-order chi connectivity index (χ1) is 9.39. The molecule has 2 N–H and O–H groups in total. The van der Waals surface area contributed by atoms with E-state index in [9.17, 15) is 9.59 Å². The van der Waals surface area contributed by atoms with Crippen molar-refractivity contribution in [1.29, 1.82) is 0 Å². The molecule has 1 rings (SSSR count). The van der Waals surface area contributed by atoms with Gasteiger partial charge in [0.25, 0.3) is 0 Å². The van der Waals surface area contributed by atoms with Crippen molar-refractivity contribution in [3.8, 4) is 5.75 Å². The number of rotatable bonds is 6. The number of benzene rings is 1. The van der Waals surface area contributed by atoms with Crippen LogP contribution in [0.5, 0.6) is 5.75 Å². The van der Waals surface area contributed by atoms with Gasteiger partial charge in [-0.05, 0) is 12.1 Å². The molecule has 0 saturated carbocycles. The van der Waals surface area contributed by atoms with Gasteiger partial charge in [-0.15, -0.1) is 0 Å². The van der Waals surface area contributed by atoms with Crippen LogP contribution < -0.4 is 15.4 Å². The molecule has 0 radical (unpaired) electrons. The minimum absolute atomic E-state index is 0.0125. The zero-order chi connectivity index (χ0) is 15.0. The molecule has 0 fully saturated rings. The highest BCUT2D eigenvalue weighted by molar-refractivity contribution is 5.87. The number of carbonyl (C=O) groups excluding carboxylic acids is 2. The van der Waals surface area contributed by atoms with E-state index in [4.69, 9.17) is 4.74 Å². The van der Waals surface area contributed by atoms with Crippen molar-refractivity contribution in [3.63, 3.8) is 0 Å². The van der Waals surface area contributed by atoms with E-state index >= 15 is 0 Å². The summed E-state index contributed by atoms with van der Waals surface area (Å²) in [5.74, 6) is 0.398. The van der Waals surface area contributed by atoms with E-state index in [1.165, 1.54) is 0 Å². The van der Waals surface area contributed by atoms with Crippen molar-refractivity contribution in [1.82, 2.24) is 10.6 Å². The molecule has 0 spiro atoms. The molecule has 0 heterocycles. The summed E-state index contributed by atoms with van der Waals surface area (Å²) in [4.78, 5) is 23.1. The zero-order valence-electron chi connectivity index (χ0n) is 12.2. The Labute approximate surface area is 119 Å². The van der Waals surface area contributed by atoms with Gasteiger partial charge >= 0.3 is 0 Å². The number of amides is 2. The highest BCUT2D eigenvalue weighted by Crippen LogP contribution is 2.11. The minimum Gasteiger partial charge on any atom is -0.492 e. The predicted molar refractivity (Wildman–Crippen MR) is 77.4 cm³/mol. The Kier molecular flexibility index (Phi) is 6.03. The van der Waals surface area contributed by atoms with E-state index in [-0.39, 0.29) is 18.4 Å². The molecular formula is C15H22N2O3. The second kappa shape index (κ2) is 7.53. The summed E-state index contributed by atoms with van der Waals surface area (Å²) in [5.41, 5.74) is -0.489. The van der Waals surface area contributed by atoms with Crippen LogP contribution in [0, 0.1) is 5.41 Å². The molecule has 2 amide bonds. The quantitative estimate of drug-likeness (QED) is 0.772. The van der Waals surface area contributed by atoms with Crippen molar-refractivity contribution in [2.45, 2.75) is 20.8 Å². The molecule has 0 aliphatic heterocycles. The van der Waals surface area contributed by atoms with Gasteiger partial charge < -0.3 is 15.4 Å². The molecule has 20 heavy (non-hydrogen) atoms. The van der Waals surface area contributed by atoms with E-state index in [2.05, 4.69) is 10.6 Å². The van der Waals surface area contributed by atoms with Crippen LogP contribution >= 0.6 is 0 Å². The predicted octanol–water partition coefficient (Wildman–Crippen LogP) is 1.34. The molecule has 0 aromatic heterocycles. The Morgan fingerprint density at radius 1 is 1.10 bits per heavy atom. The van der Waals surface area contributed by atoms with Gasteiger partial charge in [-0.2, -0.15) is 0 Å². The van der Waals surface area contributed by atoms with Crippen LogP contribution in [0.2, 0.25) is 0 Å². The minimum atomic E-state index is -0.489. The second-order valence-electron chi connectivity index (χ2n) is 5.44. The summed E-state index contributed by atoms with van der Waals surface area (Å²) in [5, 5.41) is 5.27. The fraction of sp³-hybridized carbons (Fsp3) is 0.467. The van der Waals surface area contributed by atoms with E-state index in [1.54, 1.807) is 20.8 Å². The van der Waals surface area contributed by atoms with Gasteiger partial charge in [0.05, 0.1) is 13.1 Å². The molecule has 0 aliphatic rings. The van der Waals surface area contributed by atoms with Crippen molar-refractivity contribution in [2.24, 2.45) is 5.41 Å². The maximum absolute atomic E-state index is 11.6. The summed E-state index contributed by atoms with van der Waals surface area (Å²) in [7, 11) is 0. The van der Waals surface area contributed by atoms with Crippen LogP contribution in [-0.2, 0) is 9.59 Å². The highest BCUT2D eigenvalue weighted by atomic mass is 16.5. The highest BCUT2D eigenvalue weighted by Gasteiger charge is 2.21. The van der Waals surface area contributed by atoms with Crippen molar-refractivity contribution >= 4 is 11.8 Å². The molecule has 0 atom stereocenters. The number of hydrogen-bond donors (Lipinski definition) is 2. The molecule has 1 aromatic carbocycles. The molecule has 110 valence electrons. The molecule has 0 unspecified atom stereocenters. The third kappa shape index (κ3) is 6.22. The molecular weight excluding hydrogens is 256 g/mol. The molecule has 0 aliphatic carbocycles. The molecule has 5 nitrogen and oxygen atoms in total. The van der Waals surface area contributed by atoms with Crippen LogP contribution in [0.15, 0.2) is 30.3 Å². The second-order valence-corrected chi connectivity index (χ2v) is 5.44. The lowest BCUT2D eigenvalue weighted by atomic mass is 9.96. The SMILES string of the molecule is CC(C)(C)C(=O)NCC(=O)NCCOc1ccccc1. The van der Waals surface area contributed by atoms with Gasteiger partial charge in [0.2, 0.25) is 11.8 Å². The number of hydrogen-bond acceptors (Lipinski definition) is 3. The van der Waals surface area contributed by atoms with Gasteiger partial charge in [0.1, 0.15) is 12.4 Å². The number of ether oxygens (including phenoxy) is 1. The standard InChI is InChI=1S/C15H22N2O3/c1-15(2,3)14(19)17-11-13(18)16-9-10-20-12-7-5-4-6-8-12/h4-8H,9-11H2,1-3H3,(H,16,18)(H,17,19). The first kappa shape index (κ1) is 16.0. The van der Waals surface area contributed by atoms with Gasteiger partial charge in [-0.1, -0.05) is 39.0 Å². The summed E-state index contributed by atoms with van der Waals surface area (Å²) in [6, 6.07) is 9.38. The average molecular weight is 278 g/mol. The molecule has 0 bridgehead atoms. The first-order valence-electron chi connectivity index (χ1n) is 6.62. The third-order valence-corrected chi connectivity index (χ3v) is 2.53. The third-order valence-electron chi connectivity index (χ3n) is 2.53. The van der Waals surface area contributed by atoms with E-state index < -0.39 is 5.41 Å². The zero-order valence-corrected chi connectivity index (χ0v) is 12.2. The normalized spacial score (nSPS) is 10.8. The van der Waals surface area contributed by atoms with Crippen LogP contribution in [-0.4, -0.2) is 31.5 Å². The van der Waals surface area contributed by atoms with Gasteiger partial charge in [0.15, 0.2) is 0 Å². The Bertz CT molecular complexity index is 438. The summed E-state index contributed by atoms with van der Waals surface area (Å²) < 4.78 is 5.43. The van der Waals surface area contributed by atoms with E-state index in [0.29, 0.717) is 13.2 Å². The lowest BCUT2D eigenvalue weighted by Gasteiger charge is -2.17. The average Bonchev–Trinajstić information content (AvgIpc) is 2.41. The topological polar surface area (TPSA) is 67.4 Å². The van der Waals surface area contributed by atoms with Crippen LogP contribution in [0.4, 0.5) is 0 Å². The summed E-state index contributed by atoms with van der Waals surface area (Å²) >= 11 is 0. The van der Waals surface area contributed by atoms with E-state index in [0.717, 1.165) is 5.75 Å².